The molecule has 4 nitrogen and oxygen atoms in total. The maximum Gasteiger partial charge on any atom is 0.0979 e. The normalized spacial score (nSPS) is 13.0. The van der Waals surface area contributed by atoms with Gasteiger partial charge in [0.05, 0.1) is 39.4 Å². The Hall–Kier alpha value is -9.12. The first-order valence-electron chi connectivity index (χ1n) is 23.7. The highest BCUT2D eigenvalue weighted by Crippen LogP contribution is 2.64. The first kappa shape index (κ1) is 38.0. The molecule has 0 radical (unpaired) electrons. The van der Waals surface area contributed by atoms with Crippen molar-refractivity contribution in [1.82, 2.24) is 14.5 Å². The van der Waals surface area contributed by atoms with E-state index in [2.05, 4.69) is 246 Å². The average Bonchev–Trinajstić information content (AvgIpc) is 4.03. The van der Waals surface area contributed by atoms with Gasteiger partial charge in [-0.3, -0.25) is 4.98 Å². The smallest absolute Gasteiger partial charge is 0.0979 e. The van der Waals surface area contributed by atoms with Crippen molar-refractivity contribution in [2.75, 3.05) is 4.90 Å². The number of rotatable bonds is 5. The van der Waals surface area contributed by atoms with Gasteiger partial charge in [0.15, 0.2) is 0 Å². The van der Waals surface area contributed by atoms with Gasteiger partial charge in [0.1, 0.15) is 0 Å². The van der Waals surface area contributed by atoms with E-state index in [4.69, 9.17) is 9.97 Å². The van der Waals surface area contributed by atoms with Gasteiger partial charge in [-0.15, -0.1) is 0 Å². The minimum atomic E-state index is -0.584. The Balaban J connectivity index is 0.927. The van der Waals surface area contributed by atoms with Crippen LogP contribution in [-0.4, -0.2) is 14.5 Å². The average molecular weight is 877 g/mol. The Morgan fingerprint density at radius 2 is 0.826 bits per heavy atom. The maximum atomic E-state index is 5.49. The topological polar surface area (TPSA) is 34.0 Å². The SMILES string of the molecule is c1ccc(N(c2ccc(-n3c4ccccc4c4ccccc43)cc2)c2ccc3c(c2)C2(c4ccccc4-c4ccccc42)c2cc(-c4cnc5c6ccccc6c6ccccc6c5n4)ccc2-3)cc1. The van der Waals surface area contributed by atoms with Crippen molar-refractivity contribution in [1.29, 1.82) is 0 Å². The predicted octanol–water partition coefficient (Wildman–Crippen LogP) is 16.5. The van der Waals surface area contributed by atoms with Crippen LogP contribution >= 0.6 is 0 Å². The second-order valence-corrected chi connectivity index (χ2v) is 18.4. The molecule has 69 heavy (non-hydrogen) atoms. The van der Waals surface area contributed by atoms with Crippen LogP contribution in [0.2, 0.25) is 0 Å². The van der Waals surface area contributed by atoms with Crippen LogP contribution in [0, 0.1) is 0 Å². The molecule has 2 heterocycles. The molecule has 0 N–H and O–H groups in total. The molecule has 2 aliphatic rings. The molecular weight excluding hydrogens is 837 g/mol. The number of nitrogens with zero attached hydrogens (tertiary/aromatic N) is 4. The molecule has 0 unspecified atom stereocenters. The molecular formula is C65H40N4. The van der Waals surface area contributed by atoms with Gasteiger partial charge in [-0.25, -0.2) is 4.98 Å². The van der Waals surface area contributed by atoms with E-state index in [1.165, 1.54) is 77.1 Å². The van der Waals surface area contributed by atoms with Crippen LogP contribution in [0.25, 0.3) is 93.6 Å². The molecule has 4 heteroatoms. The largest absolute Gasteiger partial charge is 0.310 e. The van der Waals surface area contributed by atoms with Crippen LogP contribution in [0.4, 0.5) is 17.1 Å². The second-order valence-electron chi connectivity index (χ2n) is 18.4. The number of aromatic nitrogens is 3. The summed E-state index contributed by atoms with van der Waals surface area (Å²) < 4.78 is 2.38. The standard InChI is InChI=1S/C65H40N4/c1-2-16-42(17-3-1)68(43-31-33-44(34-32-43)69-61-28-14-10-22-52(61)53-23-11-15-29-62(53)69)45-35-37-51-50-36-30-41(60-40-66-63-54-24-6-4-18-46(54)47-19-5-7-25-55(47)64(63)67-60)38-58(50)65(59(51)39-45)56-26-12-8-20-48(56)49-21-9-13-27-57(49)65/h1-40H. The van der Waals surface area contributed by atoms with E-state index in [0.29, 0.717) is 0 Å². The highest BCUT2D eigenvalue weighted by molar-refractivity contribution is 6.23. The molecule has 0 saturated heterocycles. The quantitative estimate of drug-likeness (QED) is 0.162. The van der Waals surface area contributed by atoms with E-state index in [1.54, 1.807) is 0 Å². The molecule has 15 rings (SSSR count). The van der Waals surface area contributed by atoms with Gasteiger partial charge < -0.3 is 9.47 Å². The molecule has 320 valence electrons. The number of benzene rings is 11. The molecule has 2 aliphatic carbocycles. The molecule has 11 aromatic carbocycles. The van der Waals surface area contributed by atoms with E-state index in [-0.39, 0.29) is 0 Å². The predicted molar refractivity (Wildman–Crippen MR) is 285 cm³/mol. The summed E-state index contributed by atoms with van der Waals surface area (Å²) in [5.74, 6) is 0. The minimum absolute atomic E-state index is 0.584. The van der Waals surface area contributed by atoms with Crippen LogP contribution in [-0.2, 0) is 5.41 Å². The molecule has 0 aliphatic heterocycles. The van der Waals surface area contributed by atoms with Crippen molar-refractivity contribution >= 4 is 71.4 Å². The van der Waals surface area contributed by atoms with Gasteiger partial charge in [0.25, 0.3) is 0 Å². The number of hydrogen-bond acceptors (Lipinski definition) is 3. The summed E-state index contributed by atoms with van der Waals surface area (Å²) in [7, 11) is 0. The van der Waals surface area contributed by atoms with Crippen molar-refractivity contribution in [3.8, 4) is 39.2 Å². The van der Waals surface area contributed by atoms with Gasteiger partial charge in [-0.2, -0.15) is 0 Å². The maximum absolute atomic E-state index is 5.49. The number of fused-ring (bicyclic) bond motifs is 19. The van der Waals surface area contributed by atoms with Gasteiger partial charge in [-0.05, 0) is 122 Å². The molecule has 0 amide bonds. The summed E-state index contributed by atoms with van der Waals surface area (Å²) in [6.45, 7) is 0. The monoisotopic (exact) mass is 876 g/mol. The highest BCUT2D eigenvalue weighted by atomic mass is 15.1. The van der Waals surface area contributed by atoms with Crippen LogP contribution < -0.4 is 4.90 Å². The minimum Gasteiger partial charge on any atom is -0.310 e. The first-order valence-corrected chi connectivity index (χ1v) is 23.7. The van der Waals surface area contributed by atoms with E-state index >= 15 is 0 Å². The zero-order valence-corrected chi connectivity index (χ0v) is 37.4. The van der Waals surface area contributed by atoms with Gasteiger partial charge in [-0.1, -0.05) is 170 Å². The lowest BCUT2D eigenvalue weighted by atomic mass is 9.70. The van der Waals surface area contributed by atoms with Gasteiger partial charge in [0, 0.05) is 49.9 Å². The Kier molecular flexibility index (Phi) is 7.96. The van der Waals surface area contributed by atoms with Crippen LogP contribution in [0.15, 0.2) is 243 Å². The lowest BCUT2D eigenvalue weighted by molar-refractivity contribution is 0.794. The van der Waals surface area contributed by atoms with E-state index < -0.39 is 5.41 Å². The van der Waals surface area contributed by atoms with E-state index in [1.807, 2.05) is 6.20 Å². The van der Waals surface area contributed by atoms with Crippen molar-refractivity contribution < 1.29 is 0 Å². The summed E-state index contributed by atoms with van der Waals surface area (Å²) in [6.07, 6.45) is 1.97. The van der Waals surface area contributed by atoms with E-state index in [9.17, 15) is 0 Å². The molecule has 2 aromatic heterocycles. The molecule has 1 spiro atoms. The third-order valence-corrected chi connectivity index (χ3v) is 15.0. The van der Waals surface area contributed by atoms with Crippen molar-refractivity contribution in [3.05, 3.63) is 265 Å². The van der Waals surface area contributed by atoms with Crippen LogP contribution in [0.3, 0.4) is 0 Å². The molecule has 0 atom stereocenters. The van der Waals surface area contributed by atoms with E-state index in [0.717, 1.165) is 55.8 Å². The Morgan fingerprint density at radius 3 is 1.48 bits per heavy atom. The Labute approximate surface area is 398 Å². The lowest BCUT2D eigenvalue weighted by Gasteiger charge is -2.32. The number of para-hydroxylation sites is 3. The summed E-state index contributed by atoms with van der Waals surface area (Å²) >= 11 is 0. The lowest BCUT2D eigenvalue weighted by Crippen LogP contribution is -2.26. The Morgan fingerprint density at radius 1 is 0.348 bits per heavy atom. The molecule has 0 fully saturated rings. The van der Waals surface area contributed by atoms with Crippen LogP contribution in [0.5, 0.6) is 0 Å². The van der Waals surface area contributed by atoms with Crippen LogP contribution in [0.1, 0.15) is 22.3 Å². The van der Waals surface area contributed by atoms with Gasteiger partial charge in [0.2, 0.25) is 0 Å². The zero-order chi connectivity index (χ0) is 45.2. The first-order chi connectivity index (χ1) is 34.2. The third-order valence-electron chi connectivity index (χ3n) is 15.0. The fourth-order valence-corrected chi connectivity index (χ4v) is 12.2. The Bertz CT molecular complexity index is 4130. The van der Waals surface area contributed by atoms with Crippen molar-refractivity contribution in [3.63, 3.8) is 0 Å². The zero-order valence-electron chi connectivity index (χ0n) is 37.4. The molecule has 13 aromatic rings. The molecule has 0 bridgehead atoms. The summed E-state index contributed by atoms with van der Waals surface area (Å²) in [5, 5.41) is 7.12. The molecule has 0 saturated carbocycles. The fourth-order valence-electron chi connectivity index (χ4n) is 12.2. The third kappa shape index (κ3) is 5.28. The van der Waals surface area contributed by atoms with Crippen molar-refractivity contribution in [2.24, 2.45) is 0 Å². The fraction of sp³-hybridized carbons (Fsp3) is 0.0154. The summed E-state index contributed by atoms with van der Waals surface area (Å²) in [6, 6.07) is 86.6. The highest BCUT2D eigenvalue weighted by Gasteiger charge is 2.52. The van der Waals surface area contributed by atoms with Gasteiger partial charge >= 0.3 is 0 Å². The van der Waals surface area contributed by atoms with Crippen molar-refractivity contribution in [2.45, 2.75) is 5.41 Å². The summed E-state index contributed by atoms with van der Waals surface area (Å²) in [5.41, 5.74) is 20.1. The summed E-state index contributed by atoms with van der Waals surface area (Å²) in [4.78, 5) is 13.1. The second kappa shape index (κ2) is 14.4. The number of anilines is 3. The number of hydrogen-bond donors (Lipinski definition) is 0.